The van der Waals surface area contributed by atoms with Crippen LogP contribution in [-0.2, 0) is 36.1 Å². The summed E-state index contributed by atoms with van der Waals surface area (Å²) in [6, 6.07) is 5.61. The zero-order valence-corrected chi connectivity index (χ0v) is 14.3. The lowest BCUT2D eigenvalue weighted by atomic mass is 9.90. The zero-order valence-electron chi connectivity index (χ0n) is 14.3. The summed E-state index contributed by atoms with van der Waals surface area (Å²) >= 11 is 0. The smallest absolute Gasteiger partial charge is 0.325 e. The molecule has 1 fully saturated rings. The van der Waals surface area contributed by atoms with Crippen molar-refractivity contribution in [1.82, 2.24) is 20.4 Å². The van der Waals surface area contributed by atoms with Crippen LogP contribution in [0.3, 0.4) is 0 Å². The van der Waals surface area contributed by atoms with Gasteiger partial charge in [0, 0.05) is 6.42 Å². The van der Waals surface area contributed by atoms with Crippen molar-refractivity contribution >= 4 is 11.9 Å². The maximum absolute atomic E-state index is 13.0. The van der Waals surface area contributed by atoms with Crippen LogP contribution in [0.2, 0.25) is 0 Å². The first-order valence-corrected chi connectivity index (χ1v) is 8.59. The summed E-state index contributed by atoms with van der Waals surface area (Å²) in [5.74, 6) is 0.522. The van der Waals surface area contributed by atoms with Crippen LogP contribution in [0.5, 0.6) is 0 Å². The van der Waals surface area contributed by atoms with E-state index < -0.39 is 11.6 Å². The number of aryl methyl sites for hydroxylation is 3. The number of carbonyl (C=O) groups is 2. The number of rotatable bonds is 4. The average molecular weight is 340 g/mol. The summed E-state index contributed by atoms with van der Waals surface area (Å²) in [5, 5.41) is 6.63. The third-order valence-electron chi connectivity index (χ3n) is 5.07. The Morgan fingerprint density at radius 3 is 2.84 bits per heavy atom. The monoisotopic (exact) mass is 340 g/mol. The second-order valence-corrected chi connectivity index (χ2v) is 6.74. The highest BCUT2D eigenvalue weighted by Crippen LogP contribution is 2.33. The summed E-state index contributed by atoms with van der Waals surface area (Å²) in [5.41, 5.74) is 2.35. The molecule has 2 heterocycles. The number of aromatic nitrogens is 2. The second kappa shape index (κ2) is 5.68. The predicted molar refractivity (Wildman–Crippen MR) is 88.6 cm³/mol. The Bertz CT molecular complexity index is 860. The Balaban J connectivity index is 1.61. The molecule has 0 unspecified atom stereocenters. The van der Waals surface area contributed by atoms with E-state index in [0.29, 0.717) is 12.2 Å². The molecule has 1 N–H and O–H groups in total. The minimum atomic E-state index is -1.07. The van der Waals surface area contributed by atoms with Crippen molar-refractivity contribution in [3.8, 4) is 0 Å². The first-order valence-electron chi connectivity index (χ1n) is 8.59. The van der Waals surface area contributed by atoms with E-state index in [1.807, 2.05) is 19.1 Å². The molecular weight excluding hydrogens is 320 g/mol. The van der Waals surface area contributed by atoms with Crippen LogP contribution in [0.25, 0.3) is 0 Å². The Labute approximate surface area is 145 Å². The Morgan fingerprint density at radius 2 is 2.08 bits per heavy atom. The lowest BCUT2D eigenvalue weighted by Crippen LogP contribution is -2.41. The number of hydrogen-bond donors (Lipinski definition) is 1. The molecule has 4 rings (SSSR count). The first kappa shape index (κ1) is 15.8. The minimum absolute atomic E-state index is 0.0157. The minimum Gasteiger partial charge on any atom is -0.337 e. The molecule has 0 bridgehead atoms. The maximum atomic E-state index is 13.0. The van der Waals surface area contributed by atoms with Crippen LogP contribution < -0.4 is 5.32 Å². The lowest BCUT2D eigenvalue weighted by Gasteiger charge is -2.22. The summed E-state index contributed by atoms with van der Waals surface area (Å²) in [6.07, 6.45) is 3.87. The molecule has 1 aromatic heterocycles. The van der Waals surface area contributed by atoms with Gasteiger partial charge in [0.1, 0.15) is 12.1 Å². The van der Waals surface area contributed by atoms with Crippen LogP contribution in [0.4, 0.5) is 4.79 Å². The quantitative estimate of drug-likeness (QED) is 0.861. The third-order valence-corrected chi connectivity index (χ3v) is 5.07. The van der Waals surface area contributed by atoms with Gasteiger partial charge in [-0.05, 0) is 42.9 Å². The van der Waals surface area contributed by atoms with Crippen molar-refractivity contribution < 1.29 is 14.1 Å². The van der Waals surface area contributed by atoms with Gasteiger partial charge in [0.2, 0.25) is 5.89 Å². The molecular formula is C18H20N4O3. The van der Waals surface area contributed by atoms with Gasteiger partial charge in [0.25, 0.3) is 5.91 Å². The van der Waals surface area contributed by atoms with E-state index in [1.54, 1.807) is 6.92 Å². The number of nitrogens with zero attached hydrogens (tertiary/aromatic N) is 3. The molecule has 7 heteroatoms. The number of urea groups is 1. The van der Waals surface area contributed by atoms with E-state index in [9.17, 15) is 9.59 Å². The van der Waals surface area contributed by atoms with Gasteiger partial charge in [-0.15, -0.1) is 0 Å². The van der Waals surface area contributed by atoms with Crippen molar-refractivity contribution in [2.75, 3.05) is 0 Å². The van der Waals surface area contributed by atoms with E-state index in [2.05, 4.69) is 21.5 Å². The molecule has 3 amide bonds. The predicted octanol–water partition coefficient (Wildman–Crippen LogP) is 2.09. The van der Waals surface area contributed by atoms with Crippen molar-refractivity contribution in [2.24, 2.45) is 0 Å². The standard InChI is InChI=1S/C18H20N4O3/c1-3-14-19-15(25-21-14)10-22-16(23)18(2,20-17(22)24)13-8-7-11-5-4-6-12(11)9-13/h7-9H,3-6,10H2,1-2H3,(H,20,24)/t18-/m0/s1. The molecule has 1 aliphatic heterocycles. The highest BCUT2D eigenvalue weighted by atomic mass is 16.5. The van der Waals surface area contributed by atoms with Crippen LogP contribution in [0.15, 0.2) is 22.7 Å². The van der Waals surface area contributed by atoms with Gasteiger partial charge < -0.3 is 9.84 Å². The molecule has 0 spiro atoms. The molecule has 0 saturated carbocycles. The van der Waals surface area contributed by atoms with E-state index in [0.717, 1.165) is 29.7 Å². The van der Waals surface area contributed by atoms with E-state index in [-0.39, 0.29) is 18.3 Å². The number of amides is 3. The highest BCUT2D eigenvalue weighted by Gasteiger charge is 2.49. The maximum Gasteiger partial charge on any atom is 0.325 e. The van der Waals surface area contributed by atoms with Crippen molar-refractivity contribution in [2.45, 2.75) is 51.6 Å². The van der Waals surface area contributed by atoms with Gasteiger partial charge in [-0.2, -0.15) is 4.98 Å². The van der Waals surface area contributed by atoms with E-state index in [4.69, 9.17) is 4.52 Å². The number of nitrogens with one attached hydrogen (secondary N) is 1. The molecule has 7 nitrogen and oxygen atoms in total. The fraction of sp³-hybridized carbons (Fsp3) is 0.444. The summed E-state index contributed by atoms with van der Waals surface area (Å²) in [7, 11) is 0. The van der Waals surface area contributed by atoms with Crippen molar-refractivity contribution in [3.63, 3.8) is 0 Å². The highest BCUT2D eigenvalue weighted by molar-refractivity contribution is 6.07. The fourth-order valence-electron chi connectivity index (χ4n) is 3.55. The van der Waals surface area contributed by atoms with Gasteiger partial charge >= 0.3 is 6.03 Å². The molecule has 2 aromatic rings. The Hall–Kier alpha value is -2.70. The van der Waals surface area contributed by atoms with Crippen LogP contribution in [0.1, 0.15) is 48.7 Å². The summed E-state index contributed by atoms with van der Waals surface area (Å²) in [6.45, 7) is 3.64. The number of benzene rings is 1. The van der Waals surface area contributed by atoms with Gasteiger partial charge in [0.05, 0.1) is 0 Å². The molecule has 2 aliphatic rings. The number of carbonyl (C=O) groups excluding carboxylic acids is 2. The normalized spacial score (nSPS) is 22.4. The van der Waals surface area contributed by atoms with Crippen LogP contribution in [0, 0.1) is 0 Å². The number of hydrogen-bond acceptors (Lipinski definition) is 5. The van der Waals surface area contributed by atoms with Crippen molar-refractivity contribution in [3.05, 3.63) is 46.6 Å². The fourth-order valence-corrected chi connectivity index (χ4v) is 3.55. The zero-order chi connectivity index (χ0) is 17.6. The van der Waals surface area contributed by atoms with Crippen LogP contribution in [-0.4, -0.2) is 27.0 Å². The summed E-state index contributed by atoms with van der Waals surface area (Å²) < 4.78 is 5.11. The first-order chi connectivity index (χ1) is 12.0. The molecule has 1 saturated heterocycles. The third kappa shape index (κ3) is 2.50. The number of fused-ring (bicyclic) bond motifs is 1. The molecule has 1 atom stereocenters. The van der Waals surface area contributed by atoms with Gasteiger partial charge in [-0.1, -0.05) is 30.3 Å². The SMILES string of the molecule is CCc1noc(CN2C(=O)N[C@@](C)(c3ccc4c(c3)CCC4)C2=O)n1. The molecule has 0 radical (unpaired) electrons. The Kier molecular flexibility index (Phi) is 3.59. The van der Waals surface area contributed by atoms with E-state index in [1.165, 1.54) is 11.1 Å². The molecule has 1 aromatic carbocycles. The van der Waals surface area contributed by atoms with Gasteiger partial charge in [-0.25, -0.2) is 4.79 Å². The largest absolute Gasteiger partial charge is 0.337 e. The second-order valence-electron chi connectivity index (χ2n) is 6.74. The number of imide groups is 1. The van der Waals surface area contributed by atoms with Crippen molar-refractivity contribution in [1.29, 1.82) is 0 Å². The molecule has 130 valence electrons. The van der Waals surface area contributed by atoms with Crippen LogP contribution >= 0.6 is 0 Å². The Morgan fingerprint density at radius 1 is 1.28 bits per heavy atom. The topological polar surface area (TPSA) is 88.3 Å². The van der Waals surface area contributed by atoms with E-state index >= 15 is 0 Å². The summed E-state index contributed by atoms with van der Waals surface area (Å²) in [4.78, 5) is 30.7. The lowest BCUT2D eigenvalue weighted by molar-refractivity contribution is -0.131. The molecule has 1 aliphatic carbocycles. The van der Waals surface area contributed by atoms with Gasteiger partial charge in [0.15, 0.2) is 5.82 Å². The molecule has 25 heavy (non-hydrogen) atoms. The van der Waals surface area contributed by atoms with Gasteiger partial charge in [-0.3, -0.25) is 9.69 Å². The average Bonchev–Trinajstić information content (AvgIpc) is 3.30.